The first-order valence-corrected chi connectivity index (χ1v) is 6.62. The number of para-hydroxylation sites is 1. The highest BCUT2D eigenvalue weighted by Gasteiger charge is 2.09. The molecule has 19 heavy (non-hydrogen) atoms. The Morgan fingerprint density at radius 2 is 1.53 bits per heavy atom. The van der Waals surface area contributed by atoms with E-state index in [9.17, 15) is 4.79 Å². The van der Waals surface area contributed by atoms with Gasteiger partial charge in [0.15, 0.2) is 6.29 Å². The molecule has 2 nitrogen and oxygen atoms in total. The number of aldehydes is 1. The quantitative estimate of drug-likeness (QED) is 0.738. The fourth-order valence-electron chi connectivity index (χ4n) is 2.17. The summed E-state index contributed by atoms with van der Waals surface area (Å²) in [7, 11) is 0. The predicted octanol–water partition coefficient (Wildman–Crippen LogP) is 4.42. The van der Waals surface area contributed by atoms with Gasteiger partial charge in [0.05, 0.1) is 0 Å². The van der Waals surface area contributed by atoms with Crippen molar-refractivity contribution in [1.82, 2.24) is 0 Å². The van der Waals surface area contributed by atoms with Gasteiger partial charge in [0, 0.05) is 5.56 Å². The van der Waals surface area contributed by atoms with Crippen molar-refractivity contribution < 1.29 is 9.53 Å². The molecule has 0 aliphatic carbocycles. The second-order valence-corrected chi connectivity index (χ2v) is 4.40. The Morgan fingerprint density at radius 1 is 0.947 bits per heavy atom. The molecule has 0 heterocycles. The molecule has 0 aliphatic rings. The lowest BCUT2D eigenvalue weighted by Crippen LogP contribution is -1.99. The van der Waals surface area contributed by atoms with Gasteiger partial charge in [0.25, 0.3) is 0 Å². The van der Waals surface area contributed by atoms with Crippen LogP contribution in [0.2, 0.25) is 0 Å². The van der Waals surface area contributed by atoms with E-state index in [1.54, 1.807) is 0 Å². The van der Waals surface area contributed by atoms with Crippen LogP contribution in [-0.4, -0.2) is 6.29 Å². The van der Waals surface area contributed by atoms with Crippen molar-refractivity contribution in [2.45, 2.75) is 26.7 Å². The fraction of sp³-hybridized carbons (Fsp3) is 0.235. The summed E-state index contributed by atoms with van der Waals surface area (Å²) in [5.74, 6) is 1.61. The van der Waals surface area contributed by atoms with Crippen molar-refractivity contribution in [3.8, 4) is 11.5 Å². The summed E-state index contributed by atoms with van der Waals surface area (Å²) < 4.78 is 5.85. The van der Waals surface area contributed by atoms with Crippen LogP contribution in [0.15, 0.2) is 42.5 Å². The molecule has 0 unspecified atom stereocenters. The van der Waals surface area contributed by atoms with Crippen molar-refractivity contribution in [3.05, 3.63) is 59.2 Å². The van der Waals surface area contributed by atoms with E-state index in [-0.39, 0.29) is 0 Å². The number of hydrogen-bond donors (Lipinski definition) is 0. The van der Waals surface area contributed by atoms with E-state index in [0.717, 1.165) is 47.3 Å². The molecule has 2 aromatic rings. The molecule has 0 saturated carbocycles. The molecule has 2 heteroatoms. The van der Waals surface area contributed by atoms with Gasteiger partial charge in [-0.15, -0.1) is 0 Å². The molecule has 98 valence electrons. The van der Waals surface area contributed by atoms with Crippen LogP contribution in [0.1, 0.15) is 35.3 Å². The first kappa shape index (κ1) is 13.3. The number of rotatable bonds is 5. The smallest absolute Gasteiger partial charge is 0.150 e. The van der Waals surface area contributed by atoms with Crippen molar-refractivity contribution in [2.24, 2.45) is 0 Å². The van der Waals surface area contributed by atoms with Gasteiger partial charge in [-0.3, -0.25) is 4.79 Å². The lowest BCUT2D eigenvalue weighted by molar-refractivity contribution is 0.112. The summed E-state index contributed by atoms with van der Waals surface area (Å²) in [4.78, 5) is 11.2. The Labute approximate surface area is 114 Å². The third-order valence-corrected chi connectivity index (χ3v) is 3.18. The van der Waals surface area contributed by atoms with Gasteiger partial charge in [-0.05, 0) is 48.2 Å². The zero-order valence-corrected chi connectivity index (χ0v) is 11.3. The molecular weight excluding hydrogens is 236 g/mol. The first-order chi connectivity index (χ1) is 9.28. The molecule has 0 aromatic heterocycles. The van der Waals surface area contributed by atoms with Crippen LogP contribution in [0.25, 0.3) is 0 Å². The summed E-state index contributed by atoms with van der Waals surface area (Å²) in [5, 5.41) is 0. The maximum atomic E-state index is 11.2. The third kappa shape index (κ3) is 3.02. The van der Waals surface area contributed by atoms with Crippen LogP contribution in [0, 0.1) is 0 Å². The van der Waals surface area contributed by atoms with Crippen LogP contribution >= 0.6 is 0 Å². The predicted molar refractivity (Wildman–Crippen MR) is 77.1 cm³/mol. The molecule has 2 aromatic carbocycles. The molecule has 0 bridgehead atoms. The second-order valence-electron chi connectivity index (χ2n) is 4.40. The average Bonchev–Trinajstić information content (AvgIpc) is 2.47. The number of benzene rings is 2. The number of carbonyl (C=O) groups is 1. The van der Waals surface area contributed by atoms with Crippen LogP contribution in [-0.2, 0) is 12.8 Å². The summed E-state index contributed by atoms with van der Waals surface area (Å²) in [5.41, 5.74) is 2.89. The zero-order chi connectivity index (χ0) is 13.7. The summed E-state index contributed by atoms with van der Waals surface area (Å²) in [6.07, 6.45) is 2.60. The second kappa shape index (κ2) is 6.19. The number of ether oxygens (including phenoxy) is 1. The normalized spacial score (nSPS) is 10.2. The van der Waals surface area contributed by atoms with Gasteiger partial charge >= 0.3 is 0 Å². The van der Waals surface area contributed by atoms with Crippen LogP contribution in [0.3, 0.4) is 0 Å². The maximum absolute atomic E-state index is 11.2. The molecule has 0 N–H and O–H groups in total. The summed E-state index contributed by atoms with van der Waals surface area (Å²) in [6, 6.07) is 13.6. The minimum Gasteiger partial charge on any atom is -0.457 e. The van der Waals surface area contributed by atoms with E-state index in [0.29, 0.717) is 0 Å². The molecule has 0 amide bonds. The molecule has 0 fully saturated rings. The maximum Gasteiger partial charge on any atom is 0.150 e. The van der Waals surface area contributed by atoms with Gasteiger partial charge < -0.3 is 4.74 Å². The van der Waals surface area contributed by atoms with E-state index in [4.69, 9.17) is 4.74 Å². The molecule has 0 radical (unpaired) electrons. The Morgan fingerprint density at radius 3 is 2.00 bits per heavy atom. The molecule has 0 spiro atoms. The molecule has 2 rings (SSSR count). The topological polar surface area (TPSA) is 26.3 Å². The molecule has 0 atom stereocenters. The average molecular weight is 254 g/mol. The number of carbonyl (C=O) groups excluding carboxylic acids is 1. The Balaban J connectivity index is 2.39. The first-order valence-electron chi connectivity index (χ1n) is 6.62. The van der Waals surface area contributed by atoms with E-state index < -0.39 is 0 Å². The van der Waals surface area contributed by atoms with Crippen molar-refractivity contribution in [1.29, 1.82) is 0 Å². The fourth-order valence-corrected chi connectivity index (χ4v) is 2.17. The zero-order valence-electron chi connectivity index (χ0n) is 11.3. The van der Waals surface area contributed by atoms with Gasteiger partial charge in [0.2, 0.25) is 0 Å². The highest BCUT2D eigenvalue weighted by atomic mass is 16.5. The lowest BCUT2D eigenvalue weighted by atomic mass is 9.98. The van der Waals surface area contributed by atoms with E-state index in [1.807, 2.05) is 56.3 Å². The highest BCUT2D eigenvalue weighted by Crippen LogP contribution is 2.27. The standard InChI is InChI=1S/C17H18O2/c1-3-13-10-16(11-14(4-2)17(13)12-18)19-15-8-6-5-7-9-15/h5-12H,3-4H2,1-2H3. The van der Waals surface area contributed by atoms with Gasteiger partial charge in [-0.1, -0.05) is 32.0 Å². The van der Waals surface area contributed by atoms with Gasteiger partial charge in [0.1, 0.15) is 11.5 Å². The Hall–Kier alpha value is -2.09. The van der Waals surface area contributed by atoms with Crippen molar-refractivity contribution in [3.63, 3.8) is 0 Å². The Kier molecular flexibility index (Phi) is 4.35. The van der Waals surface area contributed by atoms with Gasteiger partial charge in [-0.2, -0.15) is 0 Å². The van der Waals surface area contributed by atoms with E-state index in [2.05, 4.69) is 0 Å². The van der Waals surface area contributed by atoms with Gasteiger partial charge in [-0.25, -0.2) is 0 Å². The van der Waals surface area contributed by atoms with E-state index in [1.165, 1.54) is 0 Å². The van der Waals surface area contributed by atoms with Crippen molar-refractivity contribution in [2.75, 3.05) is 0 Å². The largest absolute Gasteiger partial charge is 0.457 e. The summed E-state index contributed by atoms with van der Waals surface area (Å²) >= 11 is 0. The molecule has 0 saturated heterocycles. The lowest BCUT2D eigenvalue weighted by Gasteiger charge is -2.12. The van der Waals surface area contributed by atoms with Crippen LogP contribution < -0.4 is 4.74 Å². The SMILES string of the molecule is CCc1cc(Oc2ccccc2)cc(CC)c1C=O. The third-order valence-electron chi connectivity index (χ3n) is 3.18. The minimum absolute atomic E-state index is 0.797. The minimum atomic E-state index is 0.797. The molecule has 0 aliphatic heterocycles. The monoisotopic (exact) mass is 254 g/mol. The van der Waals surface area contributed by atoms with E-state index >= 15 is 0 Å². The highest BCUT2D eigenvalue weighted by molar-refractivity contribution is 5.80. The molecular formula is C17H18O2. The Bertz CT molecular complexity index is 534. The van der Waals surface area contributed by atoms with Crippen LogP contribution in [0.4, 0.5) is 0 Å². The van der Waals surface area contributed by atoms with Crippen LogP contribution in [0.5, 0.6) is 11.5 Å². The number of hydrogen-bond acceptors (Lipinski definition) is 2. The van der Waals surface area contributed by atoms with Crippen molar-refractivity contribution >= 4 is 6.29 Å². The summed E-state index contributed by atoms with van der Waals surface area (Å²) in [6.45, 7) is 4.10. The number of aryl methyl sites for hydroxylation is 2.